The predicted octanol–water partition coefficient (Wildman–Crippen LogP) is 3.61. The Bertz CT molecular complexity index is 719. The lowest BCUT2D eigenvalue weighted by molar-refractivity contribution is -0.147. The van der Waals surface area contributed by atoms with E-state index in [4.69, 9.17) is 4.74 Å². The van der Waals surface area contributed by atoms with Gasteiger partial charge in [0.15, 0.2) is 0 Å². The summed E-state index contributed by atoms with van der Waals surface area (Å²) in [5.41, 5.74) is 0.986. The molecule has 26 heavy (non-hydrogen) atoms. The van der Waals surface area contributed by atoms with Gasteiger partial charge in [0, 0.05) is 0 Å². The molecule has 0 aliphatic carbocycles. The monoisotopic (exact) mass is 354 g/mol. The molecule has 0 aromatic heterocycles. The molecule has 0 saturated heterocycles. The van der Waals surface area contributed by atoms with Crippen molar-refractivity contribution in [3.63, 3.8) is 0 Å². The van der Waals surface area contributed by atoms with Crippen molar-refractivity contribution in [2.75, 3.05) is 7.11 Å². The van der Waals surface area contributed by atoms with Gasteiger partial charge >= 0.3 is 12.0 Å². The van der Waals surface area contributed by atoms with Crippen LogP contribution in [0.25, 0.3) is 0 Å². The number of esters is 1. The van der Waals surface area contributed by atoms with Crippen LogP contribution < -0.4 is 10.6 Å². The Hall–Kier alpha value is -2.82. The second kappa shape index (κ2) is 9.04. The van der Waals surface area contributed by atoms with Gasteiger partial charge in [0.25, 0.3) is 0 Å². The summed E-state index contributed by atoms with van der Waals surface area (Å²) >= 11 is 0. The normalized spacial score (nSPS) is 14.0. The molecule has 2 atom stereocenters. The van der Waals surface area contributed by atoms with Crippen LogP contribution >= 0.6 is 0 Å². The van der Waals surface area contributed by atoms with Crippen molar-refractivity contribution in [1.29, 1.82) is 0 Å². The average molecular weight is 354 g/mol. The Morgan fingerprint density at radius 2 is 1.62 bits per heavy atom. The largest absolute Gasteiger partial charge is 0.467 e. The number of nitrogens with one attached hydrogen (secondary N) is 2. The van der Waals surface area contributed by atoms with Crippen LogP contribution in [0.4, 0.5) is 4.79 Å². The lowest BCUT2D eigenvalue weighted by Crippen LogP contribution is -2.56. The fourth-order valence-corrected chi connectivity index (χ4v) is 2.79. The van der Waals surface area contributed by atoms with Crippen LogP contribution in [0.3, 0.4) is 0 Å². The second-order valence-corrected chi connectivity index (χ2v) is 6.54. The van der Waals surface area contributed by atoms with Crippen LogP contribution in [-0.2, 0) is 16.0 Å². The highest BCUT2D eigenvalue weighted by molar-refractivity contribution is 5.87. The van der Waals surface area contributed by atoms with Crippen molar-refractivity contribution in [3.8, 4) is 0 Å². The van der Waals surface area contributed by atoms with Crippen LogP contribution in [0.2, 0.25) is 0 Å². The number of rotatable bonds is 7. The van der Waals surface area contributed by atoms with E-state index in [0.29, 0.717) is 12.8 Å². The first-order chi connectivity index (χ1) is 12.4. The van der Waals surface area contributed by atoms with Gasteiger partial charge in [-0.25, -0.2) is 9.59 Å². The van der Waals surface area contributed by atoms with E-state index in [1.54, 1.807) is 6.92 Å². The number of aryl methyl sites for hydroxylation is 1. The topological polar surface area (TPSA) is 67.4 Å². The summed E-state index contributed by atoms with van der Waals surface area (Å²) in [6.45, 7) is 3.59. The number of carbonyl (C=O) groups excluding carboxylic acids is 2. The predicted molar refractivity (Wildman–Crippen MR) is 102 cm³/mol. The molecule has 0 aliphatic rings. The number of ether oxygens (including phenoxy) is 1. The molecular formula is C21H26N2O3. The van der Waals surface area contributed by atoms with E-state index in [1.807, 2.05) is 67.6 Å². The molecule has 0 aliphatic heterocycles. The minimum absolute atomic E-state index is 0.174. The minimum Gasteiger partial charge on any atom is -0.467 e. The summed E-state index contributed by atoms with van der Waals surface area (Å²) in [7, 11) is 1.33. The Morgan fingerprint density at radius 3 is 2.19 bits per heavy atom. The maximum Gasteiger partial charge on any atom is 0.331 e. The molecule has 5 heteroatoms. The molecule has 2 N–H and O–H groups in total. The zero-order valence-electron chi connectivity index (χ0n) is 15.5. The molecule has 138 valence electrons. The van der Waals surface area contributed by atoms with Gasteiger partial charge in [0.1, 0.15) is 5.54 Å². The van der Waals surface area contributed by atoms with Crippen LogP contribution in [0, 0.1) is 0 Å². The van der Waals surface area contributed by atoms with Crippen molar-refractivity contribution in [1.82, 2.24) is 10.6 Å². The number of amides is 2. The zero-order chi connectivity index (χ0) is 19.0. The maximum atomic E-state index is 12.4. The number of hydrogen-bond donors (Lipinski definition) is 2. The molecule has 0 bridgehead atoms. The van der Waals surface area contributed by atoms with Crippen LogP contribution in [0.15, 0.2) is 60.7 Å². The Balaban J connectivity index is 2.01. The van der Waals surface area contributed by atoms with Crippen LogP contribution in [0.5, 0.6) is 0 Å². The second-order valence-electron chi connectivity index (χ2n) is 6.54. The molecule has 0 radical (unpaired) electrons. The van der Waals surface area contributed by atoms with Crippen LogP contribution in [-0.4, -0.2) is 24.6 Å². The van der Waals surface area contributed by atoms with E-state index in [9.17, 15) is 9.59 Å². The lowest BCUT2D eigenvalue weighted by atomic mass is 9.93. The number of hydrogen-bond acceptors (Lipinski definition) is 3. The molecule has 0 fully saturated rings. The van der Waals surface area contributed by atoms with Gasteiger partial charge in [0.2, 0.25) is 0 Å². The van der Waals surface area contributed by atoms with Crippen molar-refractivity contribution in [3.05, 3.63) is 71.8 Å². The van der Waals surface area contributed by atoms with E-state index in [2.05, 4.69) is 10.6 Å². The van der Waals surface area contributed by atoms with E-state index < -0.39 is 17.5 Å². The van der Waals surface area contributed by atoms with Crippen molar-refractivity contribution < 1.29 is 14.3 Å². The fourth-order valence-electron chi connectivity index (χ4n) is 2.79. The molecule has 2 rings (SSSR count). The highest BCUT2D eigenvalue weighted by Gasteiger charge is 2.36. The summed E-state index contributed by atoms with van der Waals surface area (Å²) in [4.78, 5) is 24.7. The van der Waals surface area contributed by atoms with Gasteiger partial charge in [-0.1, -0.05) is 60.7 Å². The zero-order valence-corrected chi connectivity index (χ0v) is 15.5. The molecular weight excluding hydrogens is 328 g/mol. The fraction of sp³-hybridized carbons (Fsp3) is 0.333. The van der Waals surface area contributed by atoms with Gasteiger partial charge in [0.05, 0.1) is 13.2 Å². The number of methoxy groups -OCH3 is 1. The molecule has 0 heterocycles. The third-order valence-corrected chi connectivity index (χ3v) is 4.43. The minimum atomic E-state index is -1.11. The molecule has 2 amide bonds. The third-order valence-electron chi connectivity index (χ3n) is 4.43. The standard InChI is InChI=1S/C21H26N2O3/c1-16(18-12-8-5-9-13-18)22-20(25)23-21(2,19(24)26-3)15-14-17-10-6-4-7-11-17/h4-13,16H,14-15H2,1-3H3,(H2,22,23,25)/t16-,21+/m1/s1. The van der Waals surface area contributed by atoms with Crippen molar-refractivity contribution >= 4 is 12.0 Å². The smallest absolute Gasteiger partial charge is 0.331 e. The summed E-state index contributed by atoms with van der Waals surface area (Å²) in [5.74, 6) is -0.462. The molecule has 2 aromatic carbocycles. The number of benzene rings is 2. The number of carbonyl (C=O) groups is 2. The summed E-state index contributed by atoms with van der Waals surface area (Å²) in [5, 5.41) is 5.66. The summed E-state index contributed by atoms with van der Waals surface area (Å²) < 4.78 is 4.91. The maximum absolute atomic E-state index is 12.4. The van der Waals surface area contributed by atoms with Gasteiger partial charge in [-0.2, -0.15) is 0 Å². The summed E-state index contributed by atoms with van der Waals surface area (Å²) in [6.07, 6.45) is 1.10. The molecule has 5 nitrogen and oxygen atoms in total. The highest BCUT2D eigenvalue weighted by Crippen LogP contribution is 2.17. The number of urea groups is 1. The molecule has 0 unspecified atom stereocenters. The first kappa shape index (κ1) is 19.5. The molecule has 0 spiro atoms. The SMILES string of the molecule is COC(=O)[C@](C)(CCc1ccccc1)NC(=O)N[C@H](C)c1ccccc1. The van der Waals surface area contributed by atoms with Gasteiger partial charge in [-0.15, -0.1) is 0 Å². The molecule has 0 saturated carbocycles. The Labute approximate surface area is 154 Å². The van der Waals surface area contributed by atoms with Crippen LogP contribution in [0.1, 0.15) is 37.4 Å². The lowest BCUT2D eigenvalue weighted by Gasteiger charge is -2.29. The Kier molecular flexibility index (Phi) is 6.78. The van der Waals surface area contributed by atoms with Crippen molar-refractivity contribution in [2.24, 2.45) is 0 Å². The summed E-state index contributed by atoms with van der Waals surface area (Å²) in [6, 6.07) is 18.9. The van der Waals surface area contributed by atoms with Crippen molar-refractivity contribution in [2.45, 2.75) is 38.3 Å². The quantitative estimate of drug-likeness (QED) is 0.747. The van der Waals surface area contributed by atoms with E-state index in [1.165, 1.54) is 7.11 Å². The Morgan fingerprint density at radius 1 is 1.04 bits per heavy atom. The third kappa shape index (κ3) is 5.34. The van der Waals surface area contributed by atoms with Gasteiger partial charge < -0.3 is 15.4 Å². The van der Waals surface area contributed by atoms with E-state index in [-0.39, 0.29) is 6.04 Å². The average Bonchev–Trinajstić information content (AvgIpc) is 2.67. The van der Waals surface area contributed by atoms with E-state index >= 15 is 0 Å². The van der Waals surface area contributed by atoms with Gasteiger partial charge in [-0.05, 0) is 37.8 Å². The highest BCUT2D eigenvalue weighted by atomic mass is 16.5. The first-order valence-electron chi connectivity index (χ1n) is 8.70. The first-order valence-corrected chi connectivity index (χ1v) is 8.70. The van der Waals surface area contributed by atoms with E-state index in [0.717, 1.165) is 11.1 Å². The molecule has 2 aromatic rings. The van der Waals surface area contributed by atoms with Gasteiger partial charge in [-0.3, -0.25) is 0 Å².